The molecular formula is C13H27N. The molecule has 1 fully saturated rings. The van der Waals surface area contributed by atoms with Crippen molar-refractivity contribution >= 4 is 0 Å². The molecule has 0 amide bonds. The van der Waals surface area contributed by atoms with Gasteiger partial charge in [-0.05, 0) is 31.1 Å². The highest BCUT2D eigenvalue weighted by Gasteiger charge is 2.42. The SMILES string of the molecule is CCC(C)(CC)N1CC(C(C)(C)C)C1. The van der Waals surface area contributed by atoms with Crippen LogP contribution in [0.15, 0.2) is 0 Å². The van der Waals surface area contributed by atoms with Gasteiger partial charge in [0, 0.05) is 18.6 Å². The van der Waals surface area contributed by atoms with E-state index < -0.39 is 0 Å². The lowest BCUT2D eigenvalue weighted by atomic mass is 9.73. The highest BCUT2D eigenvalue weighted by molar-refractivity contribution is 4.96. The molecule has 1 heteroatoms. The Morgan fingerprint density at radius 3 is 1.71 bits per heavy atom. The fourth-order valence-electron chi connectivity index (χ4n) is 2.16. The third kappa shape index (κ3) is 2.13. The van der Waals surface area contributed by atoms with Crippen LogP contribution in [-0.4, -0.2) is 23.5 Å². The van der Waals surface area contributed by atoms with Crippen molar-refractivity contribution in [1.82, 2.24) is 4.90 Å². The van der Waals surface area contributed by atoms with Gasteiger partial charge < -0.3 is 0 Å². The number of hydrogen-bond acceptors (Lipinski definition) is 1. The van der Waals surface area contributed by atoms with Crippen molar-refractivity contribution in [3.8, 4) is 0 Å². The van der Waals surface area contributed by atoms with Crippen LogP contribution in [0.4, 0.5) is 0 Å². The number of nitrogens with zero attached hydrogens (tertiary/aromatic N) is 1. The molecule has 1 aliphatic heterocycles. The summed E-state index contributed by atoms with van der Waals surface area (Å²) >= 11 is 0. The summed E-state index contributed by atoms with van der Waals surface area (Å²) in [5, 5.41) is 0. The Hall–Kier alpha value is -0.0400. The van der Waals surface area contributed by atoms with Crippen LogP contribution in [0.1, 0.15) is 54.4 Å². The smallest absolute Gasteiger partial charge is 0.0176 e. The average Bonchev–Trinajstić information content (AvgIpc) is 1.98. The van der Waals surface area contributed by atoms with E-state index in [0.29, 0.717) is 11.0 Å². The van der Waals surface area contributed by atoms with Gasteiger partial charge in [-0.25, -0.2) is 0 Å². The Labute approximate surface area is 89.9 Å². The zero-order valence-electron chi connectivity index (χ0n) is 10.9. The molecule has 0 atom stereocenters. The standard InChI is InChI=1S/C13H27N/c1-7-13(6,8-2)14-9-11(10-14)12(3,4)5/h11H,7-10H2,1-6H3. The second kappa shape index (κ2) is 3.84. The van der Waals surface area contributed by atoms with Crippen LogP contribution in [0.2, 0.25) is 0 Å². The van der Waals surface area contributed by atoms with E-state index in [2.05, 4.69) is 46.4 Å². The van der Waals surface area contributed by atoms with Gasteiger partial charge in [-0.15, -0.1) is 0 Å². The van der Waals surface area contributed by atoms with E-state index in [9.17, 15) is 0 Å². The molecule has 0 unspecified atom stereocenters. The van der Waals surface area contributed by atoms with E-state index in [1.165, 1.54) is 25.9 Å². The summed E-state index contributed by atoms with van der Waals surface area (Å²) in [7, 11) is 0. The van der Waals surface area contributed by atoms with Crippen LogP contribution in [0, 0.1) is 11.3 Å². The Bertz CT molecular complexity index is 180. The van der Waals surface area contributed by atoms with Crippen molar-refractivity contribution in [3.63, 3.8) is 0 Å². The van der Waals surface area contributed by atoms with Crippen molar-refractivity contribution in [2.75, 3.05) is 13.1 Å². The normalized spacial score (nSPS) is 21.0. The van der Waals surface area contributed by atoms with Gasteiger partial charge in [-0.1, -0.05) is 34.6 Å². The first-order valence-corrected chi connectivity index (χ1v) is 6.08. The molecule has 0 saturated carbocycles. The summed E-state index contributed by atoms with van der Waals surface area (Å²) in [6, 6.07) is 0. The van der Waals surface area contributed by atoms with Gasteiger partial charge in [0.2, 0.25) is 0 Å². The lowest BCUT2D eigenvalue weighted by molar-refractivity contribution is -0.0526. The number of rotatable bonds is 3. The van der Waals surface area contributed by atoms with Crippen LogP contribution in [0.3, 0.4) is 0 Å². The van der Waals surface area contributed by atoms with E-state index in [1.54, 1.807) is 0 Å². The summed E-state index contributed by atoms with van der Waals surface area (Å²) < 4.78 is 0. The Kier molecular flexibility index (Phi) is 3.30. The largest absolute Gasteiger partial charge is 0.297 e. The average molecular weight is 197 g/mol. The molecular weight excluding hydrogens is 170 g/mol. The van der Waals surface area contributed by atoms with E-state index in [4.69, 9.17) is 0 Å². The van der Waals surface area contributed by atoms with Gasteiger partial charge in [-0.2, -0.15) is 0 Å². The quantitative estimate of drug-likeness (QED) is 0.669. The zero-order chi connectivity index (χ0) is 11.0. The Balaban J connectivity index is 2.48. The molecule has 1 rings (SSSR count). The molecule has 1 nitrogen and oxygen atoms in total. The monoisotopic (exact) mass is 197 g/mol. The maximum Gasteiger partial charge on any atom is 0.0176 e. The molecule has 0 bridgehead atoms. The summed E-state index contributed by atoms with van der Waals surface area (Å²) in [5.41, 5.74) is 0.959. The Morgan fingerprint density at radius 2 is 1.43 bits per heavy atom. The minimum atomic E-state index is 0.460. The first-order valence-electron chi connectivity index (χ1n) is 6.08. The van der Waals surface area contributed by atoms with Crippen molar-refractivity contribution in [1.29, 1.82) is 0 Å². The van der Waals surface area contributed by atoms with Crippen molar-refractivity contribution in [3.05, 3.63) is 0 Å². The molecule has 84 valence electrons. The molecule has 0 spiro atoms. The Morgan fingerprint density at radius 1 is 1.00 bits per heavy atom. The molecule has 14 heavy (non-hydrogen) atoms. The summed E-state index contributed by atoms with van der Waals surface area (Å²) in [5.74, 6) is 0.903. The van der Waals surface area contributed by atoms with Gasteiger partial charge in [0.15, 0.2) is 0 Å². The number of hydrogen-bond donors (Lipinski definition) is 0. The third-order valence-electron chi connectivity index (χ3n) is 4.39. The highest BCUT2D eigenvalue weighted by atomic mass is 15.2. The minimum absolute atomic E-state index is 0.460. The van der Waals surface area contributed by atoms with Crippen LogP contribution >= 0.6 is 0 Å². The zero-order valence-corrected chi connectivity index (χ0v) is 10.9. The summed E-state index contributed by atoms with van der Waals surface area (Å²) in [6.07, 6.45) is 2.56. The predicted octanol–water partition coefficient (Wildman–Crippen LogP) is 3.54. The number of likely N-dealkylation sites (tertiary alicyclic amines) is 1. The molecule has 1 saturated heterocycles. The van der Waals surface area contributed by atoms with Crippen LogP contribution in [0.5, 0.6) is 0 Å². The molecule has 0 aromatic heterocycles. The van der Waals surface area contributed by atoms with E-state index in [1.807, 2.05) is 0 Å². The van der Waals surface area contributed by atoms with E-state index >= 15 is 0 Å². The van der Waals surface area contributed by atoms with Crippen molar-refractivity contribution < 1.29 is 0 Å². The predicted molar refractivity (Wildman–Crippen MR) is 63.5 cm³/mol. The van der Waals surface area contributed by atoms with E-state index in [0.717, 1.165) is 5.92 Å². The molecule has 0 N–H and O–H groups in total. The van der Waals surface area contributed by atoms with Gasteiger partial charge >= 0.3 is 0 Å². The maximum absolute atomic E-state index is 2.67. The lowest BCUT2D eigenvalue weighted by Crippen LogP contribution is -2.60. The van der Waals surface area contributed by atoms with Crippen molar-refractivity contribution in [2.24, 2.45) is 11.3 Å². The first kappa shape index (κ1) is 12.0. The summed E-state index contributed by atoms with van der Waals surface area (Å²) in [4.78, 5) is 2.67. The van der Waals surface area contributed by atoms with Crippen LogP contribution in [0.25, 0.3) is 0 Å². The summed E-state index contributed by atoms with van der Waals surface area (Å²) in [6.45, 7) is 16.7. The highest BCUT2D eigenvalue weighted by Crippen LogP contribution is 2.39. The van der Waals surface area contributed by atoms with Gasteiger partial charge in [0.05, 0.1) is 0 Å². The fraction of sp³-hybridized carbons (Fsp3) is 1.00. The van der Waals surface area contributed by atoms with Gasteiger partial charge in [0.25, 0.3) is 0 Å². The van der Waals surface area contributed by atoms with Gasteiger partial charge in [-0.3, -0.25) is 4.90 Å². The molecule has 1 heterocycles. The maximum atomic E-state index is 2.67. The van der Waals surface area contributed by atoms with E-state index in [-0.39, 0.29) is 0 Å². The van der Waals surface area contributed by atoms with Gasteiger partial charge in [0.1, 0.15) is 0 Å². The molecule has 0 aliphatic carbocycles. The topological polar surface area (TPSA) is 3.24 Å². The lowest BCUT2D eigenvalue weighted by Gasteiger charge is -2.54. The molecule has 0 radical (unpaired) electrons. The molecule has 1 aliphatic rings. The second-order valence-electron chi connectivity index (χ2n) is 6.17. The minimum Gasteiger partial charge on any atom is -0.297 e. The molecule has 0 aromatic rings. The second-order valence-corrected chi connectivity index (χ2v) is 6.17. The fourth-order valence-corrected chi connectivity index (χ4v) is 2.16. The molecule has 0 aromatic carbocycles. The first-order chi connectivity index (χ1) is 6.33. The van der Waals surface area contributed by atoms with Crippen LogP contribution in [-0.2, 0) is 0 Å². The third-order valence-corrected chi connectivity index (χ3v) is 4.39. The van der Waals surface area contributed by atoms with Crippen LogP contribution < -0.4 is 0 Å². The van der Waals surface area contributed by atoms with Crippen molar-refractivity contribution in [2.45, 2.75) is 59.9 Å².